The van der Waals surface area contributed by atoms with Crippen LogP contribution in [0.5, 0.6) is 0 Å². The minimum atomic E-state index is -9.24. The topological polar surface area (TPSA) is 63.4 Å². The van der Waals surface area contributed by atoms with Crippen molar-refractivity contribution in [2.45, 2.75) is 52.5 Å². The van der Waals surface area contributed by atoms with E-state index >= 15 is 0 Å². The SMILES string of the molecule is NS(=O)(=O)c1c(F)c(F)c(N(F)F)c(F)c1C(F)(F)C(F)(F)C(F)(F)C(F)(F)C(F)(F)C(F)(F)C(F)(F)C(F)(F)F. The van der Waals surface area contributed by atoms with Gasteiger partial charge in [-0.15, -0.1) is 0 Å². The number of halogens is 22. The van der Waals surface area contributed by atoms with Gasteiger partial charge in [0.1, 0.15) is 4.90 Å². The van der Waals surface area contributed by atoms with Crippen LogP contribution >= 0.6 is 0 Å². The highest BCUT2D eigenvalue weighted by Gasteiger charge is 2.95. The van der Waals surface area contributed by atoms with Crippen molar-refractivity contribution in [1.82, 2.24) is 0 Å². The van der Waals surface area contributed by atoms with Gasteiger partial charge < -0.3 is 0 Å². The number of hydrogen-bond acceptors (Lipinski definition) is 3. The molecule has 0 unspecified atom stereocenters. The van der Waals surface area contributed by atoms with Crippen LogP contribution in [0.2, 0.25) is 0 Å². The molecule has 0 bridgehead atoms. The number of hydrogen-bond donors (Lipinski definition) is 1. The van der Waals surface area contributed by atoms with Crippen molar-refractivity contribution >= 4 is 15.7 Å². The number of benzene rings is 1. The fourth-order valence-corrected chi connectivity index (χ4v) is 3.49. The molecule has 0 radical (unpaired) electrons. The third kappa shape index (κ3) is 4.65. The van der Waals surface area contributed by atoms with Gasteiger partial charge in [0, 0.05) is 0 Å². The molecule has 0 fully saturated rings. The molecule has 0 aromatic heterocycles. The molecule has 240 valence electrons. The highest BCUT2D eigenvalue weighted by atomic mass is 32.2. The van der Waals surface area contributed by atoms with E-state index in [4.69, 9.17) is 0 Å². The number of anilines is 1. The standard InChI is InChI=1S/C14H2F22N2O2S/c15-2-1(6(41(37,39)40)4(17)3(16)5(2)38(35)36)7(18,19)8(20,21)9(22,23)10(24,25)11(26,27)12(28,29)13(30,31)14(32,33)34/h(H2,37,39,40). The van der Waals surface area contributed by atoms with Gasteiger partial charge in [-0.1, -0.05) is 8.96 Å². The van der Waals surface area contributed by atoms with Crippen molar-refractivity contribution in [2.75, 3.05) is 5.34 Å². The van der Waals surface area contributed by atoms with Gasteiger partial charge in [-0.05, 0) is 5.34 Å². The van der Waals surface area contributed by atoms with Crippen LogP contribution in [-0.2, 0) is 15.9 Å². The Hall–Kier alpha value is -2.61. The molecule has 27 heteroatoms. The van der Waals surface area contributed by atoms with Gasteiger partial charge in [0.2, 0.25) is 10.0 Å². The zero-order valence-corrected chi connectivity index (χ0v) is 18.4. The van der Waals surface area contributed by atoms with Crippen LogP contribution in [0.25, 0.3) is 0 Å². The molecule has 0 spiro atoms. The van der Waals surface area contributed by atoms with Crippen LogP contribution in [0.4, 0.5) is 102 Å². The predicted octanol–water partition coefficient (Wildman–Crippen LogP) is 6.79. The second kappa shape index (κ2) is 9.45. The van der Waals surface area contributed by atoms with Crippen LogP contribution in [0.15, 0.2) is 4.90 Å². The Bertz CT molecular complexity index is 1300. The third-order valence-corrected chi connectivity index (χ3v) is 5.70. The number of nitrogens with two attached hydrogens (primary N) is 1. The number of alkyl halides is 17. The number of primary sulfonamides is 1. The van der Waals surface area contributed by atoms with Crippen molar-refractivity contribution in [2.24, 2.45) is 5.14 Å². The summed E-state index contributed by atoms with van der Waals surface area (Å²) in [6.45, 7) is 0. The molecule has 0 atom stereocenters. The first-order chi connectivity index (χ1) is 17.5. The lowest BCUT2D eigenvalue weighted by atomic mass is 9.87. The lowest BCUT2D eigenvalue weighted by molar-refractivity contribution is -0.463. The third-order valence-electron chi connectivity index (χ3n) is 4.74. The number of nitrogens with zero attached hydrogens (tertiary/aromatic N) is 1. The average Bonchev–Trinajstić information content (AvgIpc) is 2.73. The van der Waals surface area contributed by atoms with Gasteiger partial charge in [0.25, 0.3) is 0 Å². The summed E-state index contributed by atoms with van der Waals surface area (Å²) in [4.78, 5) is -3.87. The molecule has 0 heterocycles. The Morgan fingerprint density at radius 2 is 0.829 bits per heavy atom. The zero-order valence-electron chi connectivity index (χ0n) is 17.6. The van der Waals surface area contributed by atoms with Gasteiger partial charge in [-0.3, -0.25) is 0 Å². The number of sulfonamides is 1. The second-order valence-electron chi connectivity index (χ2n) is 7.29. The van der Waals surface area contributed by atoms with Crippen LogP contribution in [0, 0.1) is 17.5 Å². The number of rotatable bonds is 9. The molecule has 1 rings (SSSR count). The Balaban J connectivity index is 4.24. The summed E-state index contributed by atoms with van der Waals surface area (Å²) in [6.07, 6.45) is -8.07. The minimum absolute atomic E-state index is 3.21. The smallest absolute Gasteiger partial charge is 0.225 e. The quantitative estimate of drug-likeness (QED) is 0.178. The lowest BCUT2D eigenvalue weighted by Gasteiger charge is -2.43. The molecule has 4 nitrogen and oxygen atoms in total. The fraction of sp³-hybridized carbons (Fsp3) is 0.571. The normalized spacial score (nSPS) is 15.4. The molecule has 1 aromatic carbocycles. The molecule has 2 N–H and O–H groups in total. The molecule has 41 heavy (non-hydrogen) atoms. The van der Waals surface area contributed by atoms with E-state index in [0.29, 0.717) is 0 Å². The van der Waals surface area contributed by atoms with Crippen LogP contribution < -0.4 is 10.5 Å². The van der Waals surface area contributed by atoms with Gasteiger partial charge in [-0.2, -0.15) is 74.6 Å². The van der Waals surface area contributed by atoms with E-state index in [1.165, 1.54) is 0 Å². The average molecular weight is 680 g/mol. The van der Waals surface area contributed by atoms with Crippen molar-refractivity contribution in [3.05, 3.63) is 23.0 Å². The summed E-state index contributed by atoms with van der Waals surface area (Å²) < 4.78 is 317. The second-order valence-corrected chi connectivity index (χ2v) is 8.79. The van der Waals surface area contributed by atoms with Gasteiger partial charge in [0.15, 0.2) is 23.1 Å². The van der Waals surface area contributed by atoms with Crippen LogP contribution in [-0.4, -0.2) is 50.1 Å². The maximum absolute atomic E-state index is 14.4. The molecule has 0 saturated carbocycles. The summed E-state index contributed by atoms with van der Waals surface area (Å²) in [5.74, 6) is -74.0. The van der Waals surface area contributed by atoms with Crippen molar-refractivity contribution in [1.29, 1.82) is 0 Å². The summed E-state index contributed by atoms with van der Waals surface area (Å²) in [7, 11) is -6.82. The van der Waals surface area contributed by atoms with Crippen molar-refractivity contribution < 1.29 is 105 Å². The fourth-order valence-electron chi connectivity index (χ4n) is 2.64. The Morgan fingerprint density at radius 3 is 1.12 bits per heavy atom. The predicted molar refractivity (Wildman–Crippen MR) is 82.0 cm³/mol. The monoisotopic (exact) mass is 680 g/mol. The zero-order chi connectivity index (χ0) is 33.5. The molecular formula is C14H2F22N2O2S. The van der Waals surface area contributed by atoms with Crippen molar-refractivity contribution in [3.8, 4) is 0 Å². The Morgan fingerprint density at radius 1 is 0.512 bits per heavy atom. The van der Waals surface area contributed by atoms with Gasteiger partial charge >= 0.3 is 47.6 Å². The Labute approximate surface area is 208 Å². The van der Waals surface area contributed by atoms with E-state index in [-0.39, 0.29) is 0 Å². The minimum Gasteiger partial charge on any atom is -0.225 e. The van der Waals surface area contributed by atoms with Crippen molar-refractivity contribution in [3.63, 3.8) is 0 Å². The highest BCUT2D eigenvalue weighted by molar-refractivity contribution is 7.89. The van der Waals surface area contributed by atoms with Crippen LogP contribution in [0.3, 0.4) is 0 Å². The molecule has 0 amide bonds. The first-order valence-electron chi connectivity index (χ1n) is 8.61. The van der Waals surface area contributed by atoms with E-state index in [0.717, 1.165) is 0 Å². The highest BCUT2D eigenvalue weighted by Crippen LogP contribution is 2.65. The van der Waals surface area contributed by atoms with Gasteiger partial charge in [0.05, 0.1) is 5.56 Å². The maximum atomic E-state index is 14.4. The van der Waals surface area contributed by atoms with E-state index in [1.807, 2.05) is 0 Å². The van der Waals surface area contributed by atoms with E-state index in [9.17, 15) is 105 Å². The summed E-state index contributed by atoms with van der Waals surface area (Å²) in [5, 5.41) is 0.738. The maximum Gasteiger partial charge on any atom is 0.460 e. The largest absolute Gasteiger partial charge is 0.460 e. The first-order valence-corrected chi connectivity index (χ1v) is 10.2. The lowest BCUT2D eigenvalue weighted by Crippen LogP contribution is -2.74. The van der Waals surface area contributed by atoms with Crippen LogP contribution in [0.1, 0.15) is 5.56 Å². The summed E-state index contributed by atoms with van der Waals surface area (Å²) in [6, 6.07) is 0. The molecule has 1 aromatic rings. The molecule has 0 aliphatic heterocycles. The molecule has 0 aliphatic rings. The van der Waals surface area contributed by atoms with E-state index in [2.05, 4.69) is 5.14 Å². The summed E-state index contributed by atoms with van der Waals surface area (Å²) >= 11 is 0. The van der Waals surface area contributed by atoms with E-state index < -0.39 is 96.6 Å². The molecule has 0 saturated heterocycles. The van der Waals surface area contributed by atoms with E-state index in [1.54, 1.807) is 0 Å². The Kier molecular flexibility index (Phi) is 8.39. The van der Waals surface area contributed by atoms with Gasteiger partial charge in [-0.25, -0.2) is 26.7 Å². The molecule has 0 aliphatic carbocycles. The first kappa shape index (κ1) is 36.4. The molecular weight excluding hydrogens is 678 g/mol. The summed E-state index contributed by atoms with van der Waals surface area (Å²) in [5.41, 5.74) is -8.29.